The van der Waals surface area contributed by atoms with E-state index >= 15 is 0 Å². The van der Waals surface area contributed by atoms with Crippen LogP contribution >= 0.6 is 34.5 Å². The molecule has 0 saturated carbocycles. The number of pyridine rings is 1. The molecule has 0 amide bonds. The van der Waals surface area contributed by atoms with Gasteiger partial charge in [0.2, 0.25) is 11.8 Å². The molecule has 0 fully saturated rings. The van der Waals surface area contributed by atoms with E-state index in [0.717, 1.165) is 19.4 Å². The number of benzene rings is 1. The van der Waals surface area contributed by atoms with Gasteiger partial charge in [-0.05, 0) is 54.6 Å². The minimum absolute atomic E-state index is 0.514. The van der Waals surface area contributed by atoms with E-state index in [1.165, 1.54) is 11.9 Å². The maximum absolute atomic E-state index is 5.55. The van der Waals surface area contributed by atoms with Crippen LogP contribution in [0.3, 0.4) is 0 Å². The predicted molar refractivity (Wildman–Crippen MR) is 104 cm³/mol. The number of halogens is 1. The van der Waals surface area contributed by atoms with Gasteiger partial charge in [-0.2, -0.15) is 0 Å². The van der Waals surface area contributed by atoms with Crippen molar-refractivity contribution in [2.45, 2.75) is 18.7 Å². The Morgan fingerprint density at radius 2 is 2.04 bits per heavy atom. The molecular weight excluding hydrogens is 439 g/mol. The second-order valence-electron chi connectivity index (χ2n) is 4.76. The largest absolute Gasteiger partial charge is 0.478 e. The lowest BCUT2D eigenvalue weighted by atomic mass is 10.2. The van der Waals surface area contributed by atoms with Gasteiger partial charge in [0.15, 0.2) is 0 Å². The number of hydrazine groups is 1. The highest BCUT2D eigenvalue weighted by Gasteiger charge is 2.17. The summed E-state index contributed by atoms with van der Waals surface area (Å²) in [4.78, 5) is 5.47. The van der Waals surface area contributed by atoms with Crippen LogP contribution in [0, 0.1) is 3.57 Å². The minimum atomic E-state index is 0.514. The summed E-state index contributed by atoms with van der Waals surface area (Å²) in [5.74, 6) is 1.12. The van der Waals surface area contributed by atoms with Crippen LogP contribution < -0.4 is 5.43 Å². The van der Waals surface area contributed by atoms with Crippen molar-refractivity contribution >= 4 is 51.3 Å². The molecule has 0 atom stereocenters. The third-order valence-electron chi connectivity index (χ3n) is 3.09. The molecule has 2 heterocycles. The minimum Gasteiger partial charge on any atom is -0.478 e. The number of ether oxygens (including phenoxy) is 2. The predicted octanol–water partition coefficient (Wildman–Crippen LogP) is 3.89. The molecule has 1 aliphatic rings. The van der Waals surface area contributed by atoms with Crippen LogP contribution in [0.25, 0.3) is 10.9 Å². The molecule has 6 nitrogen and oxygen atoms in total. The van der Waals surface area contributed by atoms with Crippen molar-refractivity contribution in [2.24, 2.45) is 5.10 Å². The van der Waals surface area contributed by atoms with Crippen molar-refractivity contribution in [3.05, 3.63) is 46.0 Å². The van der Waals surface area contributed by atoms with Crippen LogP contribution in [-0.2, 0) is 9.47 Å². The van der Waals surface area contributed by atoms with Gasteiger partial charge in [-0.1, -0.05) is 6.07 Å². The molecular formula is C16H17IN4O2S. The highest BCUT2D eigenvalue weighted by atomic mass is 127. The van der Waals surface area contributed by atoms with E-state index in [1.807, 2.05) is 19.9 Å². The number of hydrogen-bond donors (Lipinski definition) is 1. The maximum atomic E-state index is 5.55. The molecule has 0 spiro atoms. The first kappa shape index (κ1) is 17.2. The third kappa shape index (κ3) is 4.04. The molecule has 0 unspecified atom stereocenters. The summed E-state index contributed by atoms with van der Waals surface area (Å²) >= 11 is 3.74. The van der Waals surface area contributed by atoms with Crippen LogP contribution in [0.1, 0.15) is 13.8 Å². The molecule has 0 saturated heterocycles. The zero-order valence-corrected chi connectivity index (χ0v) is 16.3. The molecule has 2 aromatic rings. The molecule has 1 N–H and O–H groups in total. The van der Waals surface area contributed by atoms with E-state index in [1.54, 1.807) is 16.8 Å². The second-order valence-corrected chi connectivity index (χ2v) is 6.97. The molecule has 24 heavy (non-hydrogen) atoms. The standard InChI is InChI=1S/C16H17IN4O2S/c1-3-22-15-10-16(23-4-2)20-21(19-15)24-14-7-8-18-13-9-11(17)5-6-12(13)14/h5-10,19H,3-4H2,1-2H3. The lowest BCUT2D eigenvalue weighted by Gasteiger charge is -2.25. The summed E-state index contributed by atoms with van der Waals surface area (Å²) in [5, 5.41) is 5.50. The Labute approximate surface area is 158 Å². The van der Waals surface area contributed by atoms with Gasteiger partial charge in [-0.3, -0.25) is 4.98 Å². The van der Waals surface area contributed by atoms with E-state index in [-0.39, 0.29) is 0 Å². The van der Waals surface area contributed by atoms with Crippen molar-refractivity contribution in [2.75, 3.05) is 13.2 Å². The van der Waals surface area contributed by atoms with Crippen LogP contribution in [0.5, 0.6) is 0 Å². The molecule has 1 aliphatic heterocycles. The quantitative estimate of drug-likeness (QED) is 0.544. The van der Waals surface area contributed by atoms with Crippen LogP contribution in [0.15, 0.2) is 52.4 Å². The normalized spacial score (nSPS) is 14.0. The van der Waals surface area contributed by atoms with E-state index in [9.17, 15) is 0 Å². The first-order valence-electron chi connectivity index (χ1n) is 7.54. The fourth-order valence-corrected chi connectivity index (χ4v) is 3.45. The van der Waals surface area contributed by atoms with Gasteiger partial charge in [0.1, 0.15) is 0 Å². The number of fused-ring (bicyclic) bond motifs is 1. The Morgan fingerprint density at radius 3 is 2.83 bits per heavy atom. The molecule has 1 aromatic heterocycles. The second kappa shape index (κ2) is 7.93. The smallest absolute Gasteiger partial charge is 0.239 e. The number of nitrogens with zero attached hydrogens (tertiary/aromatic N) is 3. The molecule has 0 bridgehead atoms. The van der Waals surface area contributed by atoms with Gasteiger partial charge in [0, 0.05) is 32.0 Å². The van der Waals surface area contributed by atoms with Crippen LogP contribution in [0.4, 0.5) is 0 Å². The highest BCUT2D eigenvalue weighted by Crippen LogP contribution is 2.30. The number of aromatic nitrogens is 1. The van der Waals surface area contributed by atoms with E-state index in [2.05, 4.69) is 56.3 Å². The Bertz CT molecular complexity index is 797. The Hall–Kier alpha value is -1.68. The molecule has 3 rings (SSSR count). The summed E-state index contributed by atoms with van der Waals surface area (Å²) in [5.41, 5.74) is 4.07. The zero-order valence-electron chi connectivity index (χ0n) is 13.3. The molecule has 0 radical (unpaired) electrons. The summed E-state index contributed by atoms with van der Waals surface area (Å²) < 4.78 is 13.9. The third-order valence-corrected chi connectivity index (χ3v) is 4.66. The number of nitrogens with one attached hydrogen (secondary N) is 1. The van der Waals surface area contributed by atoms with Crippen LogP contribution in [0.2, 0.25) is 0 Å². The SMILES string of the molecule is CCOC1=CC(OCC)=NN(Sc2ccnc3cc(I)ccc23)N1. The summed E-state index contributed by atoms with van der Waals surface area (Å²) in [6.45, 7) is 4.97. The molecule has 0 aliphatic carbocycles. The van der Waals surface area contributed by atoms with Crippen molar-refractivity contribution < 1.29 is 9.47 Å². The molecule has 1 aromatic carbocycles. The van der Waals surface area contributed by atoms with Gasteiger partial charge in [-0.15, -0.1) is 9.62 Å². The molecule has 8 heteroatoms. The average Bonchev–Trinajstić information content (AvgIpc) is 2.55. The Morgan fingerprint density at radius 1 is 1.21 bits per heavy atom. The van der Waals surface area contributed by atoms with E-state index < -0.39 is 0 Å². The average molecular weight is 456 g/mol. The van der Waals surface area contributed by atoms with Gasteiger partial charge in [0.05, 0.1) is 24.8 Å². The van der Waals surface area contributed by atoms with E-state index in [0.29, 0.717) is 25.0 Å². The van der Waals surface area contributed by atoms with Gasteiger partial charge in [-0.25, -0.2) is 5.43 Å². The fraction of sp³-hybridized carbons (Fsp3) is 0.250. The summed E-state index contributed by atoms with van der Waals surface area (Å²) in [7, 11) is 0. The first-order chi connectivity index (χ1) is 11.7. The fourth-order valence-electron chi connectivity index (χ4n) is 2.14. The number of hydrazone groups is 1. The van der Waals surface area contributed by atoms with Gasteiger partial charge in [0.25, 0.3) is 0 Å². The van der Waals surface area contributed by atoms with E-state index in [4.69, 9.17) is 9.47 Å². The maximum Gasteiger partial charge on any atom is 0.239 e. The van der Waals surface area contributed by atoms with Crippen molar-refractivity contribution in [3.63, 3.8) is 0 Å². The van der Waals surface area contributed by atoms with Crippen molar-refractivity contribution in [1.29, 1.82) is 0 Å². The van der Waals surface area contributed by atoms with Gasteiger partial charge >= 0.3 is 0 Å². The highest BCUT2D eigenvalue weighted by molar-refractivity contribution is 14.1. The summed E-state index contributed by atoms with van der Waals surface area (Å²) in [6.07, 6.45) is 3.55. The zero-order chi connectivity index (χ0) is 16.9. The van der Waals surface area contributed by atoms with Crippen LogP contribution in [-0.4, -0.2) is 28.6 Å². The summed E-state index contributed by atoms with van der Waals surface area (Å²) in [6, 6.07) is 8.17. The Kier molecular flexibility index (Phi) is 5.67. The van der Waals surface area contributed by atoms with Crippen molar-refractivity contribution in [3.8, 4) is 0 Å². The molecule has 126 valence electrons. The number of rotatable bonds is 5. The number of hydrogen-bond acceptors (Lipinski definition) is 7. The Balaban J connectivity index is 1.86. The monoisotopic (exact) mass is 456 g/mol. The van der Waals surface area contributed by atoms with Gasteiger partial charge < -0.3 is 9.47 Å². The lowest BCUT2D eigenvalue weighted by molar-refractivity contribution is 0.164. The first-order valence-corrected chi connectivity index (χ1v) is 9.39. The lowest BCUT2D eigenvalue weighted by Crippen LogP contribution is -2.33. The topological polar surface area (TPSA) is 59.0 Å². The van der Waals surface area contributed by atoms with Crippen molar-refractivity contribution in [1.82, 2.24) is 14.9 Å².